The second-order valence-electron chi connectivity index (χ2n) is 6.62. The van der Waals surface area contributed by atoms with Gasteiger partial charge in [0.15, 0.2) is 11.5 Å². The first-order valence-corrected chi connectivity index (χ1v) is 9.16. The monoisotopic (exact) mass is 411 g/mol. The summed E-state index contributed by atoms with van der Waals surface area (Å²) in [5, 5.41) is 19.9. The number of amides is 1. The van der Waals surface area contributed by atoms with Crippen LogP contribution in [-0.4, -0.2) is 53.5 Å². The molecule has 3 rings (SSSR count). The quantitative estimate of drug-likeness (QED) is 0.409. The number of carboxylic acid groups (broad SMARTS) is 1. The Hall–Kier alpha value is -3.81. The molecule has 8 nitrogen and oxygen atoms in total. The summed E-state index contributed by atoms with van der Waals surface area (Å²) in [6.07, 6.45) is -0.345. The summed E-state index contributed by atoms with van der Waals surface area (Å²) in [5.74, 6) is -2.35. The summed E-state index contributed by atoms with van der Waals surface area (Å²) >= 11 is 0. The van der Waals surface area contributed by atoms with E-state index in [0.717, 1.165) is 4.90 Å². The van der Waals surface area contributed by atoms with Gasteiger partial charge in [0.1, 0.15) is 5.76 Å². The van der Waals surface area contributed by atoms with Crippen molar-refractivity contribution in [3.05, 3.63) is 65.2 Å². The second-order valence-corrected chi connectivity index (χ2v) is 6.62. The lowest BCUT2D eigenvalue weighted by molar-refractivity contribution is -0.142. The van der Waals surface area contributed by atoms with Gasteiger partial charge in [0, 0.05) is 12.1 Å². The smallest absolute Gasteiger partial charge is 0.305 e. The number of aliphatic hydroxyl groups is 1. The minimum absolute atomic E-state index is 0.108. The number of hydrogen-bond donors (Lipinski definition) is 2. The summed E-state index contributed by atoms with van der Waals surface area (Å²) in [7, 11) is 2.93. The number of benzene rings is 2. The SMILES string of the molecule is COc1ccc([C@@H]2C(=C(O)c3ccccc3)C(=O)C(=O)N2CCC(=O)O)cc1OC. The minimum atomic E-state index is -1.11. The fourth-order valence-corrected chi connectivity index (χ4v) is 3.45. The van der Waals surface area contributed by atoms with Crippen LogP contribution < -0.4 is 9.47 Å². The first-order chi connectivity index (χ1) is 14.4. The van der Waals surface area contributed by atoms with Crippen molar-refractivity contribution in [1.82, 2.24) is 4.90 Å². The average Bonchev–Trinajstić information content (AvgIpc) is 3.01. The van der Waals surface area contributed by atoms with Crippen molar-refractivity contribution in [2.24, 2.45) is 0 Å². The summed E-state index contributed by atoms with van der Waals surface area (Å²) in [6.45, 7) is -0.190. The zero-order chi connectivity index (χ0) is 21.8. The van der Waals surface area contributed by atoms with Gasteiger partial charge < -0.3 is 24.6 Å². The molecule has 0 aromatic heterocycles. The lowest BCUT2D eigenvalue weighted by Gasteiger charge is -2.25. The van der Waals surface area contributed by atoms with Gasteiger partial charge in [-0.15, -0.1) is 0 Å². The van der Waals surface area contributed by atoms with E-state index in [1.54, 1.807) is 48.5 Å². The zero-order valence-electron chi connectivity index (χ0n) is 16.5. The third-order valence-corrected chi connectivity index (χ3v) is 4.88. The predicted molar refractivity (Wildman–Crippen MR) is 107 cm³/mol. The molecule has 156 valence electrons. The minimum Gasteiger partial charge on any atom is -0.507 e. The molecule has 1 amide bonds. The Morgan fingerprint density at radius 3 is 2.27 bits per heavy atom. The van der Waals surface area contributed by atoms with Crippen molar-refractivity contribution in [2.45, 2.75) is 12.5 Å². The Morgan fingerprint density at radius 2 is 1.67 bits per heavy atom. The number of Topliss-reactive ketones (excluding diaryl/α,β-unsaturated/α-hetero) is 1. The summed E-state index contributed by atoms with van der Waals surface area (Å²) in [6, 6.07) is 12.3. The number of likely N-dealkylation sites (tertiary alicyclic amines) is 1. The van der Waals surface area contributed by atoms with E-state index < -0.39 is 23.7 Å². The maximum absolute atomic E-state index is 12.8. The molecule has 2 aromatic rings. The molecule has 0 spiro atoms. The van der Waals surface area contributed by atoms with Gasteiger partial charge in [-0.3, -0.25) is 14.4 Å². The summed E-state index contributed by atoms with van der Waals surface area (Å²) < 4.78 is 10.6. The molecule has 30 heavy (non-hydrogen) atoms. The van der Waals surface area contributed by atoms with Crippen LogP contribution >= 0.6 is 0 Å². The summed E-state index contributed by atoms with van der Waals surface area (Å²) in [5.41, 5.74) is 0.748. The van der Waals surface area contributed by atoms with E-state index in [1.807, 2.05) is 0 Å². The Balaban J connectivity index is 2.18. The highest BCUT2D eigenvalue weighted by molar-refractivity contribution is 6.46. The van der Waals surface area contributed by atoms with E-state index in [0.29, 0.717) is 22.6 Å². The second kappa shape index (κ2) is 8.69. The number of carbonyl (C=O) groups excluding carboxylic acids is 2. The van der Waals surface area contributed by atoms with Crippen LogP contribution in [0.1, 0.15) is 23.6 Å². The van der Waals surface area contributed by atoms with Crippen molar-refractivity contribution in [2.75, 3.05) is 20.8 Å². The van der Waals surface area contributed by atoms with Gasteiger partial charge in [-0.05, 0) is 17.7 Å². The van der Waals surface area contributed by atoms with E-state index in [9.17, 15) is 19.5 Å². The Kier molecular flexibility index (Phi) is 6.06. The van der Waals surface area contributed by atoms with Gasteiger partial charge in [-0.1, -0.05) is 36.4 Å². The van der Waals surface area contributed by atoms with Crippen molar-refractivity contribution < 1.29 is 34.1 Å². The van der Waals surface area contributed by atoms with Crippen LogP contribution in [0.3, 0.4) is 0 Å². The molecule has 1 heterocycles. The number of aliphatic hydroxyl groups excluding tert-OH is 1. The number of ether oxygens (including phenoxy) is 2. The summed E-state index contributed by atoms with van der Waals surface area (Å²) in [4.78, 5) is 37.8. The van der Waals surface area contributed by atoms with E-state index in [1.165, 1.54) is 14.2 Å². The maximum atomic E-state index is 12.8. The highest BCUT2D eigenvalue weighted by Crippen LogP contribution is 2.41. The van der Waals surface area contributed by atoms with E-state index in [-0.39, 0.29) is 24.3 Å². The Bertz CT molecular complexity index is 1010. The van der Waals surface area contributed by atoms with Crippen LogP contribution in [0.5, 0.6) is 11.5 Å². The zero-order valence-corrected chi connectivity index (χ0v) is 16.5. The number of ketones is 1. The molecule has 0 radical (unpaired) electrons. The third kappa shape index (κ3) is 3.84. The fraction of sp³-hybridized carbons (Fsp3) is 0.227. The number of aliphatic carboxylic acids is 1. The molecule has 0 bridgehead atoms. The largest absolute Gasteiger partial charge is 0.507 e. The molecular weight excluding hydrogens is 390 g/mol. The topological polar surface area (TPSA) is 113 Å². The molecule has 1 aliphatic rings. The molecule has 1 saturated heterocycles. The lowest BCUT2D eigenvalue weighted by atomic mass is 9.95. The van der Waals surface area contributed by atoms with Crippen molar-refractivity contribution in [1.29, 1.82) is 0 Å². The Morgan fingerprint density at radius 1 is 1.00 bits per heavy atom. The fourth-order valence-electron chi connectivity index (χ4n) is 3.45. The van der Waals surface area contributed by atoms with Crippen LogP contribution in [0.2, 0.25) is 0 Å². The number of carboxylic acids is 1. The van der Waals surface area contributed by atoms with E-state index >= 15 is 0 Å². The van der Waals surface area contributed by atoms with Crippen LogP contribution in [0.25, 0.3) is 5.76 Å². The van der Waals surface area contributed by atoms with Gasteiger partial charge in [-0.2, -0.15) is 0 Å². The highest BCUT2D eigenvalue weighted by Gasteiger charge is 2.46. The predicted octanol–water partition coefficient (Wildman–Crippen LogP) is 2.60. The molecule has 2 aromatic carbocycles. The van der Waals surface area contributed by atoms with Crippen molar-refractivity contribution >= 4 is 23.4 Å². The third-order valence-electron chi connectivity index (χ3n) is 4.88. The molecule has 0 aliphatic carbocycles. The van der Waals surface area contributed by atoms with Crippen molar-refractivity contribution in [3.63, 3.8) is 0 Å². The molecule has 8 heteroatoms. The molecule has 2 N–H and O–H groups in total. The first-order valence-electron chi connectivity index (χ1n) is 9.16. The number of rotatable bonds is 7. The van der Waals surface area contributed by atoms with Gasteiger partial charge >= 0.3 is 5.97 Å². The first kappa shape index (κ1) is 20.9. The van der Waals surface area contributed by atoms with E-state index in [4.69, 9.17) is 14.6 Å². The number of hydrogen-bond acceptors (Lipinski definition) is 6. The van der Waals surface area contributed by atoms with E-state index in [2.05, 4.69) is 0 Å². The molecule has 0 unspecified atom stereocenters. The van der Waals surface area contributed by atoms with Crippen LogP contribution in [0, 0.1) is 0 Å². The van der Waals surface area contributed by atoms with Gasteiger partial charge in [0.25, 0.3) is 11.7 Å². The van der Waals surface area contributed by atoms with Gasteiger partial charge in [-0.25, -0.2) is 0 Å². The Labute approximate surface area is 173 Å². The van der Waals surface area contributed by atoms with Crippen LogP contribution in [0.15, 0.2) is 54.1 Å². The molecule has 1 atom stereocenters. The van der Waals surface area contributed by atoms with Gasteiger partial charge in [0.2, 0.25) is 0 Å². The number of carbonyl (C=O) groups is 3. The lowest BCUT2D eigenvalue weighted by Crippen LogP contribution is -2.31. The number of nitrogens with zero attached hydrogens (tertiary/aromatic N) is 1. The van der Waals surface area contributed by atoms with Gasteiger partial charge in [0.05, 0.1) is 32.3 Å². The normalized spacial score (nSPS) is 17.8. The van der Waals surface area contributed by atoms with Crippen LogP contribution in [0.4, 0.5) is 0 Å². The van der Waals surface area contributed by atoms with Crippen LogP contribution in [-0.2, 0) is 14.4 Å². The molecule has 1 fully saturated rings. The standard InChI is InChI=1S/C22H21NO7/c1-29-15-9-8-14(12-16(15)30-2)19-18(20(26)13-6-4-3-5-7-13)21(27)22(28)23(19)11-10-17(24)25/h3-9,12,19,26H,10-11H2,1-2H3,(H,24,25)/t19-/m1/s1. The molecule has 0 saturated carbocycles. The highest BCUT2D eigenvalue weighted by atomic mass is 16.5. The maximum Gasteiger partial charge on any atom is 0.305 e. The van der Waals surface area contributed by atoms with Crippen molar-refractivity contribution in [3.8, 4) is 11.5 Å². The molecular formula is C22H21NO7. The molecule has 1 aliphatic heterocycles. The number of methoxy groups -OCH3 is 2. The average molecular weight is 411 g/mol.